The van der Waals surface area contributed by atoms with Crippen LogP contribution in [-0.2, 0) is 14.9 Å². The van der Waals surface area contributed by atoms with Crippen LogP contribution in [0.15, 0.2) is 47.4 Å². The average molecular weight is 389 g/mol. The summed E-state index contributed by atoms with van der Waals surface area (Å²) in [4.78, 5) is 8.50. The summed E-state index contributed by atoms with van der Waals surface area (Å²) in [5.41, 5.74) is 1.65. The Kier molecular flexibility index (Phi) is 4.59. The van der Waals surface area contributed by atoms with Crippen molar-refractivity contribution in [2.24, 2.45) is 0 Å². The van der Waals surface area contributed by atoms with Gasteiger partial charge in [-0.25, -0.2) is 18.2 Å². The van der Waals surface area contributed by atoms with Crippen molar-refractivity contribution in [2.45, 2.75) is 23.5 Å². The van der Waals surface area contributed by atoms with Crippen molar-refractivity contribution >= 4 is 15.7 Å². The molecule has 2 heterocycles. The van der Waals surface area contributed by atoms with Crippen LogP contribution in [0.5, 0.6) is 11.5 Å². The van der Waals surface area contributed by atoms with E-state index in [0.717, 1.165) is 24.3 Å². The number of anilines is 1. The molecule has 27 heavy (non-hydrogen) atoms. The molecule has 2 aliphatic rings. The smallest absolute Gasteiger partial charge is 0.240 e. The first kappa shape index (κ1) is 18.2. The molecule has 0 aliphatic carbocycles. The molecule has 0 spiro atoms. The van der Waals surface area contributed by atoms with Gasteiger partial charge in [0, 0.05) is 18.5 Å². The molecular formula is C19H23N3O4S. The summed E-state index contributed by atoms with van der Waals surface area (Å²) in [6, 6.07) is 12.7. The highest BCUT2D eigenvalue weighted by molar-refractivity contribution is 7.89. The summed E-state index contributed by atoms with van der Waals surface area (Å²) in [6.07, 6.45) is 0.801. The quantitative estimate of drug-likeness (QED) is 0.866. The van der Waals surface area contributed by atoms with Crippen LogP contribution in [-0.4, -0.2) is 47.1 Å². The van der Waals surface area contributed by atoms with Crippen molar-refractivity contribution in [3.63, 3.8) is 0 Å². The van der Waals surface area contributed by atoms with Gasteiger partial charge >= 0.3 is 0 Å². The number of ether oxygens (including phenoxy) is 1. The molecule has 0 radical (unpaired) electrons. The minimum Gasteiger partial charge on any atom is -0.455 e. The van der Waals surface area contributed by atoms with Gasteiger partial charge in [0.05, 0.1) is 10.9 Å². The van der Waals surface area contributed by atoms with Gasteiger partial charge in [0.1, 0.15) is 17.5 Å². The van der Waals surface area contributed by atoms with E-state index in [9.17, 15) is 8.42 Å². The van der Waals surface area contributed by atoms with E-state index in [-0.39, 0.29) is 17.0 Å². The van der Waals surface area contributed by atoms with Gasteiger partial charge in [-0.1, -0.05) is 18.2 Å². The summed E-state index contributed by atoms with van der Waals surface area (Å²) in [6.45, 7) is 0.778. The number of sulfonamides is 1. The standard InChI is InChI=1S/C19H23N3O4S/c1-20-27(23,24)14-8-9-19-17(11-14)22-16(10-13(26-22)12-21(2)3)15-6-4-5-7-18(15)25-19/h4-9,11,13,16,20H,10,12H2,1-3H3/t13-,16+/m0/s1. The van der Waals surface area contributed by atoms with E-state index in [4.69, 9.17) is 9.57 Å². The second-order valence-electron chi connectivity index (χ2n) is 7.04. The Morgan fingerprint density at radius 2 is 1.96 bits per heavy atom. The van der Waals surface area contributed by atoms with Gasteiger partial charge in [0.2, 0.25) is 10.0 Å². The number of nitrogens with one attached hydrogen (secondary N) is 1. The van der Waals surface area contributed by atoms with Crippen LogP contribution >= 0.6 is 0 Å². The SMILES string of the molecule is CNS(=O)(=O)c1ccc2c(c1)N1O[C@H](CN(C)C)C[C@@H]1c1ccccc1O2. The predicted molar refractivity (Wildman–Crippen MR) is 102 cm³/mol. The molecule has 0 bridgehead atoms. The van der Waals surface area contributed by atoms with Crippen LogP contribution in [0.2, 0.25) is 0 Å². The van der Waals surface area contributed by atoms with E-state index in [1.54, 1.807) is 18.2 Å². The number of para-hydroxylation sites is 1. The third-order valence-electron chi connectivity index (χ3n) is 4.85. The van der Waals surface area contributed by atoms with Gasteiger partial charge in [-0.05, 0) is 45.4 Å². The Labute approximate surface area is 159 Å². The number of fused-ring (bicyclic) bond motifs is 5. The molecule has 2 aromatic carbocycles. The Morgan fingerprint density at radius 3 is 2.70 bits per heavy atom. The zero-order chi connectivity index (χ0) is 19.2. The Morgan fingerprint density at radius 1 is 1.19 bits per heavy atom. The van der Waals surface area contributed by atoms with Crippen molar-refractivity contribution in [3.05, 3.63) is 48.0 Å². The van der Waals surface area contributed by atoms with Crippen LogP contribution in [0, 0.1) is 0 Å². The van der Waals surface area contributed by atoms with Gasteiger partial charge in [-0.15, -0.1) is 0 Å². The second-order valence-corrected chi connectivity index (χ2v) is 8.93. The molecule has 1 fully saturated rings. The van der Waals surface area contributed by atoms with Crippen LogP contribution in [0.3, 0.4) is 0 Å². The summed E-state index contributed by atoms with van der Waals surface area (Å²) >= 11 is 0. The lowest BCUT2D eigenvalue weighted by Crippen LogP contribution is -2.28. The van der Waals surface area contributed by atoms with Crippen molar-refractivity contribution in [1.29, 1.82) is 0 Å². The number of hydrogen-bond donors (Lipinski definition) is 1. The van der Waals surface area contributed by atoms with Crippen LogP contribution in [0.1, 0.15) is 18.0 Å². The summed E-state index contributed by atoms with van der Waals surface area (Å²) in [7, 11) is 1.85. The lowest BCUT2D eigenvalue weighted by Gasteiger charge is -2.24. The maximum absolute atomic E-state index is 12.3. The summed E-state index contributed by atoms with van der Waals surface area (Å²) < 4.78 is 33.0. The predicted octanol–water partition coefficient (Wildman–Crippen LogP) is 2.51. The first-order chi connectivity index (χ1) is 12.9. The van der Waals surface area contributed by atoms with E-state index < -0.39 is 10.0 Å². The third kappa shape index (κ3) is 3.29. The highest BCUT2D eigenvalue weighted by atomic mass is 32.2. The summed E-state index contributed by atoms with van der Waals surface area (Å²) in [5.74, 6) is 1.34. The normalized spacial score (nSPS) is 21.3. The molecule has 2 atom stereocenters. The van der Waals surface area contributed by atoms with E-state index in [0.29, 0.717) is 11.4 Å². The molecule has 0 amide bonds. The van der Waals surface area contributed by atoms with Gasteiger partial charge in [0.15, 0.2) is 5.75 Å². The number of likely N-dealkylation sites (N-methyl/N-ethyl adjacent to an activating group) is 1. The Bertz CT molecular complexity index is 961. The molecule has 0 unspecified atom stereocenters. The largest absolute Gasteiger partial charge is 0.455 e. The molecule has 144 valence electrons. The van der Waals surface area contributed by atoms with E-state index in [2.05, 4.69) is 9.62 Å². The molecule has 4 rings (SSSR count). The van der Waals surface area contributed by atoms with E-state index >= 15 is 0 Å². The molecule has 0 aromatic heterocycles. The van der Waals surface area contributed by atoms with Gasteiger partial charge in [-0.2, -0.15) is 0 Å². The molecule has 0 saturated carbocycles. The third-order valence-corrected chi connectivity index (χ3v) is 6.26. The first-order valence-corrected chi connectivity index (χ1v) is 10.3. The molecule has 7 nitrogen and oxygen atoms in total. The van der Waals surface area contributed by atoms with Crippen LogP contribution in [0.25, 0.3) is 0 Å². The number of rotatable bonds is 4. The lowest BCUT2D eigenvalue weighted by molar-refractivity contribution is 0.0648. The Balaban J connectivity index is 1.83. The maximum Gasteiger partial charge on any atom is 0.240 e. The van der Waals surface area contributed by atoms with Crippen LogP contribution < -0.4 is 14.5 Å². The van der Waals surface area contributed by atoms with Gasteiger partial charge < -0.3 is 9.64 Å². The number of nitrogens with zero attached hydrogens (tertiary/aromatic N) is 2. The number of hydrogen-bond acceptors (Lipinski definition) is 6. The fourth-order valence-electron chi connectivity index (χ4n) is 3.62. The highest BCUT2D eigenvalue weighted by Gasteiger charge is 2.40. The molecular weight excluding hydrogens is 366 g/mol. The first-order valence-electron chi connectivity index (χ1n) is 8.84. The fraction of sp³-hybridized carbons (Fsp3) is 0.368. The van der Waals surface area contributed by atoms with Gasteiger partial charge in [-0.3, -0.25) is 4.84 Å². The van der Waals surface area contributed by atoms with Gasteiger partial charge in [0.25, 0.3) is 0 Å². The molecule has 1 N–H and O–H groups in total. The lowest BCUT2D eigenvalue weighted by atomic mass is 10.0. The molecule has 1 saturated heterocycles. The average Bonchev–Trinajstić information content (AvgIpc) is 2.99. The fourth-order valence-corrected chi connectivity index (χ4v) is 4.37. The maximum atomic E-state index is 12.3. The van der Waals surface area contributed by atoms with Crippen molar-refractivity contribution in [3.8, 4) is 11.5 Å². The van der Waals surface area contributed by atoms with Crippen LogP contribution in [0.4, 0.5) is 5.69 Å². The van der Waals surface area contributed by atoms with Crippen molar-refractivity contribution in [2.75, 3.05) is 32.8 Å². The van der Waals surface area contributed by atoms with E-state index in [1.807, 2.05) is 43.4 Å². The highest BCUT2D eigenvalue weighted by Crippen LogP contribution is 2.49. The Hall–Kier alpha value is -2.13. The monoisotopic (exact) mass is 389 g/mol. The molecule has 8 heteroatoms. The van der Waals surface area contributed by atoms with Crippen molar-refractivity contribution < 1.29 is 18.0 Å². The molecule has 2 aromatic rings. The topological polar surface area (TPSA) is 71.1 Å². The zero-order valence-electron chi connectivity index (χ0n) is 15.5. The minimum absolute atomic E-state index is 0.00793. The van der Waals surface area contributed by atoms with E-state index in [1.165, 1.54) is 7.05 Å². The zero-order valence-corrected chi connectivity index (χ0v) is 16.4. The molecule has 2 aliphatic heterocycles. The summed E-state index contributed by atoms with van der Waals surface area (Å²) in [5, 5.41) is 1.81. The number of hydroxylamine groups is 1. The number of benzene rings is 2. The van der Waals surface area contributed by atoms with Crippen molar-refractivity contribution in [1.82, 2.24) is 9.62 Å². The second kappa shape index (κ2) is 6.79. The minimum atomic E-state index is -3.57.